The molecule has 0 fully saturated rings. The summed E-state index contributed by atoms with van der Waals surface area (Å²) in [5, 5.41) is 8.57. The summed E-state index contributed by atoms with van der Waals surface area (Å²) in [6, 6.07) is 7.36. The smallest absolute Gasteiger partial charge is 0.118 e. The van der Waals surface area contributed by atoms with Crippen molar-refractivity contribution in [1.29, 1.82) is 5.26 Å². The van der Waals surface area contributed by atoms with Crippen LogP contribution in [0.2, 0.25) is 0 Å². The number of hydrogen-bond donors (Lipinski definition) is 1. The van der Waals surface area contributed by atoms with Crippen LogP contribution in [0, 0.1) is 25.2 Å². The third kappa shape index (κ3) is 1.63. The van der Waals surface area contributed by atoms with Crippen LogP contribution in [0.1, 0.15) is 22.7 Å². The first kappa shape index (κ1) is 8.76. The van der Waals surface area contributed by atoms with Crippen molar-refractivity contribution in [3.8, 4) is 6.07 Å². The number of rotatable bonds is 1. The predicted octanol–water partition coefficient (Wildman–Crippen LogP) is 1.83. The van der Waals surface area contributed by atoms with Crippen molar-refractivity contribution in [2.75, 3.05) is 0 Å². The van der Waals surface area contributed by atoms with E-state index in [4.69, 9.17) is 11.0 Å². The molecule has 0 bridgehead atoms. The fourth-order valence-corrected chi connectivity index (χ4v) is 1.03. The van der Waals surface area contributed by atoms with Gasteiger partial charge in [-0.3, -0.25) is 0 Å². The average Bonchev–Trinajstić information content (AvgIpc) is 2.08. The van der Waals surface area contributed by atoms with Crippen LogP contribution >= 0.6 is 0 Å². The van der Waals surface area contributed by atoms with Crippen molar-refractivity contribution < 1.29 is 0 Å². The van der Waals surface area contributed by atoms with Gasteiger partial charge in [0.2, 0.25) is 0 Å². The van der Waals surface area contributed by atoms with Crippen LogP contribution in [-0.2, 0) is 0 Å². The summed E-state index contributed by atoms with van der Waals surface area (Å²) in [6.45, 7) is 4.06. The van der Waals surface area contributed by atoms with E-state index in [1.54, 1.807) is 0 Å². The summed E-state index contributed by atoms with van der Waals surface area (Å²) in [6.07, 6.45) is 0. The van der Waals surface area contributed by atoms with E-state index in [9.17, 15) is 0 Å². The second-order valence-corrected chi connectivity index (χ2v) is 2.95. The van der Waals surface area contributed by atoms with E-state index in [1.165, 1.54) is 11.1 Å². The molecule has 0 saturated heterocycles. The molecule has 2 nitrogen and oxygen atoms in total. The molecule has 0 unspecified atom stereocenters. The molecule has 0 aliphatic heterocycles. The second kappa shape index (κ2) is 3.38. The molecule has 2 N–H and O–H groups in total. The Hall–Kier alpha value is -1.33. The molecule has 1 aromatic rings. The number of aryl methyl sites for hydroxylation is 2. The SMILES string of the molecule is Cc1ccc([C@@H](N)C#N)cc1C. The molecule has 0 spiro atoms. The molecular formula is C10H12N2. The maximum Gasteiger partial charge on any atom is 0.118 e. The van der Waals surface area contributed by atoms with E-state index < -0.39 is 6.04 Å². The Morgan fingerprint density at radius 3 is 2.50 bits per heavy atom. The molecule has 0 aromatic heterocycles. The Balaban J connectivity index is 3.06. The minimum Gasteiger partial charge on any atom is -0.312 e. The molecule has 2 heteroatoms. The molecule has 1 atom stereocenters. The highest BCUT2D eigenvalue weighted by Gasteiger charge is 2.03. The number of nitrogens with two attached hydrogens (primary N) is 1. The van der Waals surface area contributed by atoms with E-state index in [0.29, 0.717) is 0 Å². The Morgan fingerprint density at radius 1 is 1.33 bits per heavy atom. The monoisotopic (exact) mass is 160 g/mol. The molecular weight excluding hydrogens is 148 g/mol. The lowest BCUT2D eigenvalue weighted by Gasteiger charge is -2.05. The van der Waals surface area contributed by atoms with Crippen LogP contribution < -0.4 is 5.73 Å². The summed E-state index contributed by atoms with van der Waals surface area (Å²) in [5.74, 6) is 0. The Labute approximate surface area is 72.6 Å². The summed E-state index contributed by atoms with van der Waals surface area (Å²) in [7, 11) is 0. The van der Waals surface area contributed by atoms with Gasteiger partial charge in [-0.15, -0.1) is 0 Å². The maximum atomic E-state index is 8.57. The first-order valence-corrected chi connectivity index (χ1v) is 3.87. The standard InChI is InChI=1S/C10H12N2/c1-7-3-4-9(5-8(7)2)10(12)6-11/h3-5,10H,12H2,1-2H3/t10-/m0/s1. The van der Waals surface area contributed by atoms with Gasteiger partial charge in [-0.1, -0.05) is 18.2 Å². The lowest BCUT2D eigenvalue weighted by Crippen LogP contribution is -2.07. The van der Waals surface area contributed by atoms with E-state index >= 15 is 0 Å². The number of benzene rings is 1. The zero-order valence-electron chi connectivity index (χ0n) is 7.33. The molecule has 0 radical (unpaired) electrons. The normalized spacial score (nSPS) is 12.2. The Kier molecular flexibility index (Phi) is 2.47. The van der Waals surface area contributed by atoms with Crippen LogP contribution in [0.25, 0.3) is 0 Å². The van der Waals surface area contributed by atoms with E-state index in [1.807, 2.05) is 38.1 Å². The highest BCUT2D eigenvalue weighted by molar-refractivity contribution is 5.33. The summed E-state index contributed by atoms with van der Waals surface area (Å²) in [5.41, 5.74) is 8.85. The maximum absolute atomic E-state index is 8.57. The van der Waals surface area contributed by atoms with Crippen LogP contribution in [-0.4, -0.2) is 0 Å². The van der Waals surface area contributed by atoms with Gasteiger partial charge >= 0.3 is 0 Å². The van der Waals surface area contributed by atoms with Gasteiger partial charge in [0, 0.05) is 0 Å². The third-order valence-corrected chi connectivity index (χ3v) is 2.03. The fraction of sp³-hybridized carbons (Fsp3) is 0.300. The molecule has 1 aromatic carbocycles. The average molecular weight is 160 g/mol. The number of nitrogens with zero attached hydrogens (tertiary/aromatic N) is 1. The van der Waals surface area contributed by atoms with Gasteiger partial charge in [-0.05, 0) is 30.5 Å². The van der Waals surface area contributed by atoms with E-state index in [-0.39, 0.29) is 0 Å². The quantitative estimate of drug-likeness (QED) is 0.681. The van der Waals surface area contributed by atoms with Crippen LogP contribution in [0.15, 0.2) is 18.2 Å². The van der Waals surface area contributed by atoms with Crippen molar-refractivity contribution in [3.05, 3.63) is 34.9 Å². The van der Waals surface area contributed by atoms with Gasteiger partial charge in [-0.2, -0.15) is 5.26 Å². The van der Waals surface area contributed by atoms with Gasteiger partial charge in [-0.25, -0.2) is 0 Å². The molecule has 0 amide bonds. The van der Waals surface area contributed by atoms with E-state index in [2.05, 4.69) is 0 Å². The molecule has 1 rings (SSSR count). The third-order valence-electron chi connectivity index (χ3n) is 2.03. The molecule has 0 heterocycles. The fourth-order valence-electron chi connectivity index (χ4n) is 1.03. The van der Waals surface area contributed by atoms with Crippen LogP contribution in [0.5, 0.6) is 0 Å². The second-order valence-electron chi connectivity index (χ2n) is 2.95. The van der Waals surface area contributed by atoms with Gasteiger partial charge in [0.1, 0.15) is 6.04 Å². The molecule has 0 saturated carbocycles. The lowest BCUT2D eigenvalue weighted by molar-refractivity contribution is 0.922. The highest BCUT2D eigenvalue weighted by atomic mass is 14.6. The van der Waals surface area contributed by atoms with Crippen LogP contribution in [0.3, 0.4) is 0 Å². The topological polar surface area (TPSA) is 49.8 Å². The molecule has 12 heavy (non-hydrogen) atoms. The van der Waals surface area contributed by atoms with Crippen LogP contribution in [0.4, 0.5) is 0 Å². The molecule has 62 valence electrons. The Bertz CT molecular complexity index is 323. The van der Waals surface area contributed by atoms with E-state index in [0.717, 1.165) is 5.56 Å². The minimum absolute atomic E-state index is 0.496. The predicted molar refractivity (Wildman–Crippen MR) is 48.5 cm³/mol. The van der Waals surface area contributed by atoms with Gasteiger partial charge in [0.05, 0.1) is 6.07 Å². The molecule has 0 aliphatic rings. The van der Waals surface area contributed by atoms with Gasteiger partial charge in [0.15, 0.2) is 0 Å². The zero-order chi connectivity index (χ0) is 9.14. The number of nitriles is 1. The number of hydrogen-bond acceptors (Lipinski definition) is 2. The molecule has 0 aliphatic carbocycles. The highest BCUT2D eigenvalue weighted by Crippen LogP contribution is 2.14. The van der Waals surface area contributed by atoms with Crippen molar-refractivity contribution in [3.63, 3.8) is 0 Å². The summed E-state index contributed by atoms with van der Waals surface area (Å²) in [4.78, 5) is 0. The van der Waals surface area contributed by atoms with Gasteiger partial charge in [0.25, 0.3) is 0 Å². The largest absolute Gasteiger partial charge is 0.312 e. The summed E-state index contributed by atoms with van der Waals surface area (Å²) < 4.78 is 0. The van der Waals surface area contributed by atoms with Crippen molar-refractivity contribution in [2.45, 2.75) is 19.9 Å². The minimum atomic E-state index is -0.496. The first-order valence-electron chi connectivity index (χ1n) is 3.87. The first-order chi connectivity index (χ1) is 5.65. The zero-order valence-corrected chi connectivity index (χ0v) is 7.33. The lowest BCUT2D eigenvalue weighted by atomic mass is 10.0. The van der Waals surface area contributed by atoms with Crippen molar-refractivity contribution in [2.24, 2.45) is 5.73 Å². The van der Waals surface area contributed by atoms with Gasteiger partial charge < -0.3 is 5.73 Å². The van der Waals surface area contributed by atoms with Crippen molar-refractivity contribution in [1.82, 2.24) is 0 Å². The summed E-state index contributed by atoms with van der Waals surface area (Å²) >= 11 is 0. The van der Waals surface area contributed by atoms with Crippen molar-refractivity contribution >= 4 is 0 Å². The Morgan fingerprint density at radius 2 is 2.00 bits per heavy atom.